The van der Waals surface area contributed by atoms with Gasteiger partial charge in [-0.3, -0.25) is 23.7 Å². The van der Waals surface area contributed by atoms with Gasteiger partial charge >= 0.3 is 4.87 Å². The standard InChI is InChI=1S/C36H31ClN4O4S2/c1-3-39(4-2)24-16-12-22(13-17-24)29-30-31(34(44)41(33(30)43)25-18-14-23(37)15-19-25)46-35-32(29)47-36(45)40(35)20-28(42)38-27-11-7-9-21-8-5-6-10-26(21)27/h5-19,29-31H,3-4,20H2,1-2H3,(H,38,42)/t29-,30-,31+/m0/s1. The van der Waals surface area contributed by atoms with Crippen molar-refractivity contribution in [1.82, 2.24) is 4.57 Å². The minimum atomic E-state index is -0.778. The SMILES string of the molecule is CCN(CC)c1ccc([C@@H]2c3sc(=O)n(CC(=O)Nc4cccc5ccccc45)c3S[C@H]3C(=O)N(c4ccc(Cl)cc4)C(=O)[C@@H]23)cc1. The molecule has 0 bridgehead atoms. The summed E-state index contributed by atoms with van der Waals surface area (Å²) in [4.78, 5) is 59.1. The quantitative estimate of drug-likeness (QED) is 0.177. The number of anilines is 3. The molecular formula is C36H31ClN4O4S2. The zero-order chi connectivity index (χ0) is 32.8. The molecule has 8 nitrogen and oxygen atoms in total. The highest BCUT2D eigenvalue weighted by Crippen LogP contribution is 2.54. The Bertz CT molecular complexity index is 2070. The summed E-state index contributed by atoms with van der Waals surface area (Å²) in [5, 5.41) is 5.13. The van der Waals surface area contributed by atoms with Crippen molar-refractivity contribution in [3.8, 4) is 0 Å². The van der Waals surface area contributed by atoms with Crippen LogP contribution in [0.1, 0.15) is 30.2 Å². The predicted octanol–water partition coefficient (Wildman–Crippen LogP) is 7.00. The van der Waals surface area contributed by atoms with E-state index in [1.54, 1.807) is 24.3 Å². The van der Waals surface area contributed by atoms with Crippen LogP contribution in [-0.4, -0.2) is 40.6 Å². The van der Waals surface area contributed by atoms with Crippen molar-refractivity contribution in [2.75, 3.05) is 28.2 Å². The van der Waals surface area contributed by atoms with Crippen molar-refractivity contribution in [2.45, 2.75) is 36.6 Å². The fraction of sp³-hybridized carbons (Fsp3) is 0.222. The molecule has 0 radical (unpaired) electrons. The second kappa shape index (κ2) is 12.7. The number of carbonyl (C=O) groups excluding carboxylic acids is 3. The molecule has 0 spiro atoms. The van der Waals surface area contributed by atoms with Gasteiger partial charge in [0.1, 0.15) is 11.8 Å². The number of benzene rings is 4. The normalized spacial score (nSPS) is 18.7. The van der Waals surface area contributed by atoms with Crippen molar-refractivity contribution in [3.05, 3.63) is 116 Å². The Morgan fingerprint density at radius 2 is 1.57 bits per heavy atom. The van der Waals surface area contributed by atoms with Crippen LogP contribution in [0.4, 0.5) is 17.1 Å². The molecule has 7 rings (SSSR count). The smallest absolute Gasteiger partial charge is 0.308 e. The number of rotatable bonds is 8. The number of hydrogen-bond acceptors (Lipinski definition) is 7. The predicted molar refractivity (Wildman–Crippen MR) is 190 cm³/mol. The lowest BCUT2D eigenvalue weighted by Gasteiger charge is -2.31. The topological polar surface area (TPSA) is 91.7 Å². The molecule has 0 aliphatic carbocycles. The van der Waals surface area contributed by atoms with Gasteiger partial charge in [0.25, 0.3) is 0 Å². The molecule has 1 saturated heterocycles. The number of halogens is 1. The third-order valence-electron chi connectivity index (χ3n) is 8.88. The Labute approximate surface area is 284 Å². The first-order valence-electron chi connectivity index (χ1n) is 15.4. The zero-order valence-corrected chi connectivity index (χ0v) is 28.1. The van der Waals surface area contributed by atoms with Crippen molar-refractivity contribution >= 4 is 80.3 Å². The largest absolute Gasteiger partial charge is 0.372 e. The molecule has 2 aliphatic rings. The molecule has 3 atom stereocenters. The van der Waals surface area contributed by atoms with E-state index < -0.39 is 17.1 Å². The van der Waals surface area contributed by atoms with Gasteiger partial charge < -0.3 is 10.2 Å². The molecule has 2 aliphatic heterocycles. The summed E-state index contributed by atoms with van der Waals surface area (Å²) in [6.07, 6.45) is 0. The lowest BCUT2D eigenvalue weighted by atomic mass is 9.83. The highest BCUT2D eigenvalue weighted by Gasteiger charge is 2.56. The van der Waals surface area contributed by atoms with Gasteiger partial charge in [-0.1, -0.05) is 83.2 Å². The summed E-state index contributed by atoms with van der Waals surface area (Å²) in [7, 11) is 0. The van der Waals surface area contributed by atoms with E-state index in [9.17, 15) is 19.2 Å². The summed E-state index contributed by atoms with van der Waals surface area (Å²) in [5.41, 5.74) is 2.99. The Morgan fingerprint density at radius 1 is 0.872 bits per heavy atom. The van der Waals surface area contributed by atoms with Crippen LogP contribution in [0.25, 0.3) is 10.8 Å². The number of thiazole rings is 1. The van der Waals surface area contributed by atoms with E-state index in [1.165, 1.54) is 21.2 Å². The van der Waals surface area contributed by atoms with Crippen LogP contribution < -0.4 is 20.0 Å². The van der Waals surface area contributed by atoms with Gasteiger partial charge in [0.2, 0.25) is 17.7 Å². The number of imide groups is 1. The molecule has 3 amide bonds. The molecule has 0 unspecified atom stereocenters. The summed E-state index contributed by atoms with van der Waals surface area (Å²) < 4.78 is 1.45. The average Bonchev–Trinajstić information content (AvgIpc) is 3.52. The second-order valence-electron chi connectivity index (χ2n) is 11.5. The first-order chi connectivity index (χ1) is 22.8. The molecule has 1 aromatic heterocycles. The van der Waals surface area contributed by atoms with Gasteiger partial charge in [-0.2, -0.15) is 0 Å². The maximum absolute atomic E-state index is 14.2. The lowest BCUT2D eigenvalue weighted by Crippen LogP contribution is -2.33. The number of hydrogen-bond donors (Lipinski definition) is 1. The van der Waals surface area contributed by atoms with E-state index in [2.05, 4.69) is 24.1 Å². The fourth-order valence-electron chi connectivity index (χ4n) is 6.61. The van der Waals surface area contributed by atoms with Crippen molar-refractivity contribution in [3.63, 3.8) is 0 Å². The summed E-state index contributed by atoms with van der Waals surface area (Å²) in [5.74, 6) is -2.31. The molecule has 238 valence electrons. The molecule has 0 saturated carbocycles. The number of carbonyl (C=O) groups is 3. The molecule has 4 aromatic carbocycles. The van der Waals surface area contributed by atoms with Gasteiger partial charge in [-0.05, 0) is 67.3 Å². The summed E-state index contributed by atoms with van der Waals surface area (Å²) >= 11 is 8.35. The van der Waals surface area contributed by atoms with E-state index in [0.29, 0.717) is 26.3 Å². The Morgan fingerprint density at radius 3 is 2.30 bits per heavy atom. The first kappa shape index (κ1) is 31.2. The number of nitrogens with zero attached hydrogens (tertiary/aromatic N) is 3. The van der Waals surface area contributed by atoms with Crippen LogP contribution in [0.2, 0.25) is 5.02 Å². The van der Waals surface area contributed by atoms with Crippen LogP contribution in [0, 0.1) is 5.92 Å². The molecule has 3 heterocycles. The molecular weight excluding hydrogens is 652 g/mol. The van der Waals surface area contributed by atoms with Gasteiger partial charge in [0.15, 0.2) is 0 Å². The van der Waals surface area contributed by atoms with Gasteiger partial charge in [-0.25, -0.2) is 4.90 Å². The Hall–Kier alpha value is -4.38. The van der Waals surface area contributed by atoms with E-state index in [4.69, 9.17) is 11.6 Å². The molecule has 47 heavy (non-hydrogen) atoms. The van der Waals surface area contributed by atoms with Crippen molar-refractivity contribution in [1.29, 1.82) is 0 Å². The average molecular weight is 683 g/mol. The fourth-order valence-corrected chi connectivity index (χ4v) is 9.51. The van der Waals surface area contributed by atoms with Gasteiger partial charge in [0.05, 0.1) is 16.6 Å². The van der Waals surface area contributed by atoms with Crippen molar-refractivity contribution in [2.24, 2.45) is 5.92 Å². The van der Waals surface area contributed by atoms with Gasteiger partial charge in [-0.15, -0.1) is 0 Å². The number of amides is 3. The Kier molecular flexibility index (Phi) is 8.42. The van der Waals surface area contributed by atoms with Crippen LogP contribution in [-0.2, 0) is 20.9 Å². The third kappa shape index (κ3) is 5.54. The monoisotopic (exact) mass is 682 g/mol. The second-order valence-corrected chi connectivity index (χ2v) is 14.1. The number of aromatic nitrogens is 1. The minimum absolute atomic E-state index is 0.227. The summed E-state index contributed by atoms with van der Waals surface area (Å²) in [6.45, 7) is 5.65. The van der Waals surface area contributed by atoms with Crippen LogP contribution in [0.5, 0.6) is 0 Å². The maximum Gasteiger partial charge on any atom is 0.308 e. The Balaban J connectivity index is 1.28. The van der Waals surface area contributed by atoms with E-state index in [-0.39, 0.29) is 29.1 Å². The van der Waals surface area contributed by atoms with E-state index in [1.807, 2.05) is 66.7 Å². The van der Waals surface area contributed by atoms with Gasteiger partial charge in [0, 0.05) is 45.7 Å². The zero-order valence-electron chi connectivity index (χ0n) is 25.7. The molecule has 1 N–H and O–H groups in total. The van der Waals surface area contributed by atoms with Crippen molar-refractivity contribution < 1.29 is 14.4 Å². The number of thioether (sulfide) groups is 1. The van der Waals surface area contributed by atoms with E-state index >= 15 is 0 Å². The van der Waals surface area contributed by atoms with Crippen LogP contribution in [0.3, 0.4) is 0 Å². The minimum Gasteiger partial charge on any atom is -0.372 e. The number of nitrogens with one attached hydrogen (secondary N) is 1. The lowest BCUT2D eigenvalue weighted by molar-refractivity contribution is -0.122. The summed E-state index contributed by atoms with van der Waals surface area (Å²) in [6, 6.07) is 28.1. The van der Waals surface area contributed by atoms with E-state index in [0.717, 1.165) is 46.4 Å². The maximum atomic E-state index is 14.2. The molecule has 1 fully saturated rings. The molecule has 5 aromatic rings. The van der Waals surface area contributed by atoms with Crippen LogP contribution >= 0.6 is 34.7 Å². The highest BCUT2D eigenvalue weighted by molar-refractivity contribution is 8.00. The highest BCUT2D eigenvalue weighted by atomic mass is 35.5. The molecule has 11 heteroatoms. The first-order valence-corrected chi connectivity index (χ1v) is 17.5. The third-order valence-corrected chi connectivity index (χ3v) is 11.7. The van der Waals surface area contributed by atoms with Crippen LogP contribution in [0.15, 0.2) is 101 Å². The number of fused-ring (bicyclic) bond motifs is 3.